The zero-order valence-corrected chi connectivity index (χ0v) is 17.8. The fourth-order valence-corrected chi connectivity index (χ4v) is 6.98. The lowest BCUT2D eigenvalue weighted by Gasteiger charge is -2.48. The van der Waals surface area contributed by atoms with Crippen LogP contribution < -0.4 is 5.06 Å². The number of hydrogen-bond donors (Lipinski definition) is 1. The number of nitrogens with zero attached hydrogens (tertiary/aromatic N) is 2. The monoisotopic (exact) mass is 402 g/mol. The number of likely N-dealkylation sites (tertiary alicyclic amines) is 1. The molecule has 5 heteroatoms. The van der Waals surface area contributed by atoms with E-state index in [1.165, 1.54) is 25.7 Å². The molecule has 2 aliphatic carbocycles. The highest BCUT2D eigenvalue weighted by Gasteiger charge is 2.61. The van der Waals surface area contributed by atoms with E-state index in [1.54, 1.807) is 5.06 Å². The maximum absolute atomic E-state index is 12.3. The number of allylic oxidation sites excluding steroid dienone is 2. The normalized spacial score (nSPS) is 40.2. The van der Waals surface area contributed by atoms with Gasteiger partial charge in [-0.25, -0.2) is 0 Å². The molecule has 28 heavy (non-hydrogen) atoms. The SMILES string of the molecule is Cc1cc(Cl)c2c(c1)[C@]1(O)C(C3CC=CC4CCCCC43)CN(C)[C@@H]1ON2C. The highest BCUT2D eigenvalue weighted by Crippen LogP contribution is 2.57. The second-order valence-corrected chi connectivity index (χ2v) is 9.82. The third-order valence-electron chi connectivity index (χ3n) is 7.77. The van der Waals surface area contributed by atoms with Gasteiger partial charge in [0.05, 0.1) is 10.7 Å². The second kappa shape index (κ2) is 6.73. The Morgan fingerprint density at radius 2 is 1.96 bits per heavy atom. The molecule has 1 saturated carbocycles. The van der Waals surface area contributed by atoms with Crippen LogP contribution in [-0.2, 0) is 10.4 Å². The van der Waals surface area contributed by atoms with E-state index < -0.39 is 5.60 Å². The number of aliphatic hydroxyl groups is 1. The van der Waals surface area contributed by atoms with E-state index >= 15 is 0 Å². The highest BCUT2D eigenvalue weighted by atomic mass is 35.5. The van der Waals surface area contributed by atoms with Crippen LogP contribution in [-0.4, -0.2) is 36.9 Å². The Morgan fingerprint density at radius 3 is 2.79 bits per heavy atom. The number of hydrogen-bond acceptors (Lipinski definition) is 4. The van der Waals surface area contributed by atoms with Gasteiger partial charge in [0.25, 0.3) is 0 Å². The van der Waals surface area contributed by atoms with Crippen molar-refractivity contribution in [1.29, 1.82) is 0 Å². The van der Waals surface area contributed by atoms with Gasteiger partial charge in [-0.1, -0.05) is 42.7 Å². The summed E-state index contributed by atoms with van der Waals surface area (Å²) in [5.74, 6) is 1.96. The predicted octanol–water partition coefficient (Wildman–Crippen LogP) is 4.49. The summed E-state index contributed by atoms with van der Waals surface area (Å²) >= 11 is 6.62. The van der Waals surface area contributed by atoms with Gasteiger partial charge in [-0.2, -0.15) is 0 Å². The predicted molar refractivity (Wildman–Crippen MR) is 112 cm³/mol. The van der Waals surface area contributed by atoms with Gasteiger partial charge in [-0.15, -0.1) is 0 Å². The molecule has 1 N–H and O–H groups in total. The molecular weight excluding hydrogens is 372 g/mol. The molecule has 1 saturated heterocycles. The van der Waals surface area contributed by atoms with Gasteiger partial charge < -0.3 is 5.11 Å². The molecule has 1 aromatic rings. The van der Waals surface area contributed by atoms with Gasteiger partial charge in [-0.3, -0.25) is 14.8 Å². The van der Waals surface area contributed by atoms with Crippen molar-refractivity contribution in [3.63, 3.8) is 0 Å². The van der Waals surface area contributed by atoms with E-state index in [9.17, 15) is 5.11 Å². The molecule has 0 amide bonds. The fourth-order valence-electron chi connectivity index (χ4n) is 6.59. The summed E-state index contributed by atoms with van der Waals surface area (Å²) in [4.78, 5) is 8.43. The Balaban J connectivity index is 1.62. The molecule has 1 aromatic carbocycles. The van der Waals surface area contributed by atoms with E-state index in [-0.39, 0.29) is 12.1 Å². The molecule has 0 spiro atoms. The van der Waals surface area contributed by atoms with Gasteiger partial charge in [-0.05, 0) is 62.6 Å². The molecule has 4 nitrogen and oxygen atoms in total. The van der Waals surface area contributed by atoms with Crippen LogP contribution in [0, 0.1) is 30.6 Å². The number of aryl methyl sites for hydroxylation is 1. The lowest BCUT2D eigenvalue weighted by atomic mass is 9.61. The summed E-state index contributed by atoms with van der Waals surface area (Å²) in [7, 11) is 3.96. The highest BCUT2D eigenvalue weighted by molar-refractivity contribution is 6.33. The van der Waals surface area contributed by atoms with Crippen molar-refractivity contribution in [3.8, 4) is 0 Å². The molecule has 0 radical (unpaired) electrons. The molecule has 152 valence electrons. The molecule has 2 aliphatic heterocycles. The molecule has 2 fully saturated rings. The van der Waals surface area contributed by atoms with Crippen molar-refractivity contribution in [2.45, 2.75) is 50.9 Å². The zero-order chi connectivity index (χ0) is 19.6. The summed E-state index contributed by atoms with van der Waals surface area (Å²) < 4.78 is 0. The third-order valence-corrected chi connectivity index (χ3v) is 8.06. The number of likely N-dealkylation sites (N-methyl/N-ethyl adjacent to an activating group) is 1. The Bertz CT molecular complexity index is 812. The maximum atomic E-state index is 12.3. The first-order valence-corrected chi connectivity index (χ1v) is 11.1. The zero-order valence-electron chi connectivity index (χ0n) is 17.1. The first-order chi connectivity index (χ1) is 13.4. The van der Waals surface area contributed by atoms with Crippen molar-refractivity contribution in [2.75, 3.05) is 25.7 Å². The number of hydroxylamine groups is 1. The van der Waals surface area contributed by atoms with E-state index in [1.807, 2.05) is 20.0 Å². The van der Waals surface area contributed by atoms with Gasteiger partial charge in [0.2, 0.25) is 0 Å². The van der Waals surface area contributed by atoms with Crippen molar-refractivity contribution in [2.24, 2.45) is 23.7 Å². The third kappa shape index (κ3) is 2.61. The molecular formula is C23H31ClN2O2. The number of benzene rings is 1. The van der Waals surface area contributed by atoms with Crippen LogP contribution >= 0.6 is 11.6 Å². The van der Waals surface area contributed by atoms with Gasteiger partial charge in [0.1, 0.15) is 5.60 Å². The molecule has 4 aliphatic rings. The number of anilines is 1. The van der Waals surface area contributed by atoms with Gasteiger partial charge >= 0.3 is 0 Å². The van der Waals surface area contributed by atoms with Crippen LogP contribution in [0.1, 0.15) is 43.2 Å². The first-order valence-electron chi connectivity index (χ1n) is 10.7. The molecule has 0 aromatic heterocycles. The molecule has 2 heterocycles. The summed E-state index contributed by atoms with van der Waals surface area (Å²) in [5, 5.41) is 14.7. The van der Waals surface area contributed by atoms with Crippen LogP contribution in [0.2, 0.25) is 5.02 Å². The number of fused-ring (bicyclic) bond motifs is 4. The molecule has 4 unspecified atom stereocenters. The van der Waals surface area contributed by atoms with E-state index in [0.717, 1.165) is 29.8 Å². The van der Waals surface area contributed by atoms with Crippen molar-refractivity contribution < 1.29 is 9.94 Å². The summed E-state index contributed by atoms with van der Waals surface area (Å²) in [5.41, 5.74) is 1.80. The fraction of sp³-hybridized carbons (Fsp3) is 0.652. The minimum absolute atomic E-state index is 0.142. The molecule has 0 bridgehead atoms. The van der Waals surface area contributed by atoms with Crippen LogP contribution in [0.15, 0.2) is 24.3 Å². The minimum atomic E-state index is -1.04. The summed E-state index contributed by atoms with van der Waals surface area (Å²) in [6, 6.07) is 4.08. The second-order valence-electron chi connectivity index (χ2n) is 9.41. The van der Waals surface area contributed by atoms with Crippen LogP contribution in [0.25, 0.3) is 0 Å². The Hall–Kier alpha value is -1.07. The standard InChI is InChI=1S/C23H31ClN2O2/c1-14-11-18-21(20(24)12-14)26(3)28-22-23(18,27)19(13-25(22)2)17-10-6-8-15-7-4-5-9-16(15)17/h6,8,11-12,15-17,19,22,27H,4-5,7,9-10,13H2,1-3H3/t15?,16?,17?,19?,22-,23+/m1/s1. The van der Waals surface area contributed by atoms with Crippen molar-refractivity contribution >= 4 is 17.3 Å². The van der Waals surface area contributed by atoms with E-state index in [4.69, 9.17) is 16.4 Å². The smallest absolute Gasteiger partial charge is 0.172 e. The van der Waals surface area contributed by atoms with Crippen molar-refractivity contribution in [1.82, 2.24) is 4.90 Å². The quantitative estimate of drug-likeness (QED) is 0.702. The number of rotatable bonds is 1. The first kappa shape index (κ1) is 18.9. The van der Waals surface area contributed by atoms with Crippen LogP contribution in [0.3, 0.4) is 0 Å². The Labute approximate surface area is 173 Å². The number of halogens is 1. The largest absolute Gasteiger partial charge is 0.380 e. The topological polar surface area (TPSA) is 35.9 Å². The lowest BCUT2D eigenvalue weighted by molar-refractivity contribution is -0.176. The van der Waals surface area contributed by atoms with Gasteiger partial charge in [0, 0.05) is 25.1 Å². The van der Waals surface area contributed by atoms with Gasteiger partial charge in [0.15, 0.2) is 6.23 Å². The van der Waals surface area contributed by atoms with E-state index in [2.05, 4.69) is 30.2 Å². The summed E-state index contributed by atoms with van der Waals surface area (Å²) in [6.45, 7) is 2.90. The summed E-state index contributed by atoms with van der Waals surface area (Å²) in [6.07, 6.45) is 10.7. The average molecular weight is 403 g/mol. The lowest BCUT2D eigenvalue weighted by Crippen LogP contribution is -2.54. The minimum Gasteiger partial charge on any atom is -0.380 e. The Morgan fingerprint density at radius 1 is 1.18 bits per heavy atom. The van der Waals surface area contributed by atoms with E-state index in [0.29, 0.717) is 22.8 Å². The molecule has 5 rings (SSSR count). The Kier molecular flexibility index (Phi) is 4.55. The van der Waals surface area contributed by atoms with Crippen LogP contribution in [0.5, 0.6) is 0 Å². The van der Waals surface area contributed by atoms with Crippen molar-refractivity contribution in [3.05, 3.63) is 40.4 Å². The molecule has 6 atom stereocenters. The van der Waals surface area contributed by atoms with Crippen LogP contribution in [0.4, 0.5) is 5.69 Å². The average Bonchev–Trinajstić information content (AvgIpc) is 2.93. The maximum Gasteiger partial charge on any atom is 0.172 e.